The molecule has 0 bridgehead atoms. The topological polar surface area (TPSA) is 63.2 Å². The monoisotopic (exact) mass is 248 g/mol. The summed E-state index contributed by atoms with van der Waals surface area (Å²) in [5.41, 5.74) is 0. The smallest absolute Gasteiger partial charge is 0.330 e. The van der Waals surface area contributed by atoms with Gasteiger partial charge in [-0.2, -0.15) is 0 Å². The molecule has 0 fully saturated rings. The molecule has 0 aliphatic rings. The SMILES string of the molecule is C=CC(=O)OCCOCCOCCOCOC. The molecule has 0 amide bonds. The molecule has 0 aromatic heterocycles. The van der Waals surface area contributed by atoms with Crippen LogP contribution in [-0.2, 0) is 28.5 Å². The van der Waals surface area contributed by atoms with E-state index in [1.165, 1.54) is 0 Å². The molecule has 0 aliphatic heterocycles. The summed E-state index contributed by atoms with van der Waals surface area (Å²) in [6.07, 6.45) is 1.11. The summed E-state index contributed by atoms with van der Waals surface area (Å²) in [5, 5.41) is 0. The third-order valence-corrected chi connectivity index (χ3v) is 1.58. The summed E-state index contributed by atoms with van der Waals surface area (Å²) >= 11 is 0. The van der Waals surface area contributed by atoms with E-state index in [1.54, 1.807) is 7.11 Å². The van der Waals surface area contributed by atoms with E-state index in [0.29, 0.717) is 33.0 Å². The van der Waals surface area contributed by atoms with Crippen molar-refractivity contribution in [1.82, 2.24) is 0 Å². The van der Waals surface area contributed by atoms with Crippen LogP contribution in [0.25, 0.3) is 0 Å². The Morgan fingerprint density at radius 1 is 1.00 bits per heavy atom. The quantitative estimate of drug-likeness (QED) is 0.215. The Morgan fingerprint density at radius 3 is 2.06 bits per heavy atom. The molecule has 0 saturated carbocycles. The van der Waals surface area contributed by atoms with E-state index in [9.17, 15) is 4.79 Å². The largest absolute Gasteiger partial charge is 0.460 e. The van der Waals surface area contributed by atoms with Crippen LogP contribution in [-0.4, -0.2) is 59.5 Å². The number of esters is 1. The molecule has 0 saturated heterocycles. The van der Waals surface area contributed by atoms with Crippen LogP contribution in [0.5, 0.6) is 0 Å². The molecule has 0 N–H and O–H groups in total. The van der Waals surface area contributed by atoms with Gasteiger partial charge in [-0.3, -0.25) is 0 Å². The van der Waals surface area contributed by atoms with Gasteiger partial charge < -0.3 is 23.7 Å². The van der Waals surface area contributed by atoms with Crippen LogP contribution < -0.4 is 0 Å². The van der Waals surface area contributed by atoms with Crippen LogP contribution in [0.3, 0.4) is 0 Å². The van der Waals surface area contributed by atoms with E-state index in [4.69, 9.17) is 23.7 Å². The molecule has 0 radical (unpaired) electrons. The van der Waals surface area contributed by atoms with Crippen LogP contribution in [0.4, 0.5) is 0 Å². The lowest BCUT2D eigenvalue weighted by Gasteiger charge is -2.06. The fourth-order valence-corrected chi connectivity index (χ4v) is 0.842. The summed E-state index contributed by atoms with van der Waals surface area (Å²) in [4.78, 5) is 10.6. The maximum atomic E-state index is 10.6. The molecule has 17 heavy (non-hydrogen) atoms. The van der Waals surface area contributed by atoms with E-state index in [1.807, 2.05) is 0 Å². The predicted octanol–water partition coefficient (Wildman–Crippen LogP) is 0.369. The van der Waals surface area contributed by atoms with Crippen LogP contribution in [0.2, 0.25) is 0 Å². The van der Waals surface area contributed by atoms with Crippen LogP contribution >= 0.6 is 0 Å². The summed E-state index contributed by atoms with van der Waals surface area (Å²) in [6.45, 7) is 6.04. The van der Waals surface area contributed by atoms with Crippen molar-refractivity contribution >= 4 is 5.97 Å². The van der Waals surface area contributed by atoms with E-state index < -0.39 is 5.97 Å². The van der Waals surface area contributed by atoms with Crippen molar-refractivity contribution in [3.8, 4) is 0 Å². The Hall–Kier alpha value is -0.950. The van der Waals surface area contributed by atoms with E-state index in [2.05, 4.69) is 6.58 Å². The maximum Gasteiger partial charge on any atom is 0.330 e. The lowest BCUT2D eigenvalue weighted by molar-refractivity contribution is -0.139. The van der Waals surface area contributed by atoms with Gasteiger partial charge in [-0.05, 0) is 0 Å². The van der Waals surface area contributed by atoms with Gasteiger partial charge in [0.2, 0.25) is 0 Å². The molecule has 0 atom stereocenters. The summed E-state index contributed by atoms with van der Waals surface area (Å²) in [5.74, 6) is -0.444. The minimum atomic E-state index is -0.444. The first-order chi connectivity index (χ1) is 8.31. The van der Waals surface area contributed by atoms with Crippen molar-refractivity contribution < 1.29 is 28.5 Å². The van der Waals surface area contributed by atoms with Gasteiger partial charge >= 0.3 is 5.97 Å². The minimum Gasteiger partial charge on any atom is -0.460 e. The number of hydrogen-bond donors (Lipinski definition) is 0. The highest BCUT2D eigenvalue weighted by Crippen LogP contribution is 1.83. The zero-order valence-electron chi connectivity index (χ0n) is 10.2. The van der Waals surface area contributed by atoms with Gasteiger partial charge in [0.1, 0.15) is 13.4 Å². The molecule has 6 nitrogen and oxygen atoms in total. The molecule has 0 unspecified atom stereocenters. The number of methoxy groups -OCH3 is 1. The Balaban J connectivity index is 2.98. The molecule has 6 heteroatoms. The Kier molecular flexibility index (Phi) is 12.4. The van der Waals surface area contributed by atoms with Gasteiger partial charge in [-0.15, -0.1) is 0 Å². The van der Waals surface area contributed by atoms with E-state index in [-0.39, 0.29) is 13.4 Å². The second kappa shape index (κ2) is 13.1. The fourth-order valence-electron chi connectivity index (χ4n) is 0.842. The molecular formula is C11H20O6. The van der Waals surface area contributed by atoms with E-state index in [0.717, 1.165) is 6.08 Å². The van der Waals surface area contributed by atoms with Gasteiger partial charge in [-0.25, -0.2) is 4.79 Å². The average Bonchev–Trinajstić information content (AvgIpc) is 2.35. The van der Waals surface area contributed by atoms with Crippen molar-refractivity contribution in [1.29, 1.82) is 0 Å². The second-order valence-corrected chi connectivity index (χ2v) is 2.91. The Labute approximate surface area is 101 Å². The Bertz CT molecular complexity index is 194. The van der Waals surface area contributed by atoms with Gasteiger partial charge in [0.05, 0.1) is 33.0 Å². The number of carbonyl (C=O) groups excluding carboxylic acids is 1. The molecule has 0 aliphatic carbocycles. The number of ether oxygens (including phenoxy) is 5. The molecule has 100 valence electrons. The third-order valence-electron chi connectivity index (χ3n) is 1.58. The van der Waals surface area contributed by atoms with Gasteiger partial charge in [0.15, 0.2) is 0 Å². The average molecular weight is 248 g/mol. The third kappa shape index (κ3) is 13.0. The zero-order valence-corrected chi connectivity index (χ0v) is 10.2. The van der Waals surface area contributed by atoms with Crippen LogP contribution in [0.1, 0.15) is 0 Å². The standard InChI is InChI=1S/C11H20O6/c1-3-11(12)17-9-8-15-5-4-14-6-7-16-10-13-2/h3H,1,4-10H2,2H3. The lowest BCUT2D eigenvalue weighted by atomic mass is 10.6. The highest BCUT2D eigenvalue weighted by molar-refractivity contribution is 5.81. The fraction of sp³-hybridized carbons (Fsp3) is 0.727. The van der Waals surface area contributed by atoms with Gasteiger partial charge in [0, 0.05) is 13.2 Å². The van der Waals surface area contributed by atoms with Gasteiger partial charge in [0.25, 0.3) is 0 Å². The van der Waals surface area contributed by atoms with E-state index >= 15 is 0 Å². The predicted molar refractivity (Wildman–Crippen MR) is 60.6 cm³/mol. The molecule has 0 spiro atoms. The van der Waals surface area contributed by atoms with Crippen molar-refractivity contribution in [2.75, 3.05) is 53.5 Å². The summed E-state index contributed by atoms with van der Waals surface area (Å²) < 4.78 is 24.8. The molecule has 0 heterocycles. The van der Waals surface area contributed by atoms with Crippen LogP contribution in [0.15, 0.2) is 12.7 Å². The normalized spacial score (nSPS) is 10.2. The lowest BCUT2D eigenvalue weighted by Crippen LogP contribution is -2.13. The Morgan fingerprint density at radius 2 is 1.53 bits per heavy atom. The second-order valence-electron chi connectivity index (χ2n) is 2.91. The highest BCUT2D eigenvalue weighted by atomic mass is 16.7. The summed E-state index contributed by atoms with van der Waals surface area (Å²) in [6, 6.07) is 0. The van der Waals surface area contributed by atoms with Crippen molar-refractivity contribution in [2.45, 2.75) is 0 Å². The molecule has 0 rings (SSSR count). The zero-order chi connectivity index (χ0) is 12.8. The number of rotatable bonds is 12. The van der Waals surface area contributed by atoms with Crippen molar-refractivity contribution in [3.63, 3.8) is 0 Å². The van der Waals surface area contributed by atoms with Gasteiger partial charge in [-0.1, -0.05) is 6.58 Å². The first-order valence-electron chi connectivity index (χ1n) is 5.32. The molecule has 0 aromatic rings. The van der Waals surface area contributed by atoms with Crippen LogP contribution in [0, 0.1) is 0 Å². The molecular weight excluding hydrogens is 228 g/mol. The maximum absolute atomic E-state index is 10.6. The summed E-state index contributed by atoms with van der Waals surface area (Å²) in [7, 11) is 1.56. The minimum absolute atomic E-state index is 0.224. The molecule has 0 aromatic carbocycles. The number of hydrogen-bond acceptors (Lipinski definition) is 6. The first kappa shape index (κ1) is 16.1. The first-order valence-corrected chi connectivity index (χ1v) is 5.32. The number of carbonyl (C=O) groups is 1. The highest BCUT2D eigenvalue weighted by Gasteiger charge is 1.95. The van der Waals surface area contributed by atoms with Crippen molar-refractivity contribution in [3.05, 3.63) is 12.7 Å². The van der Waals surface area contributed by atoms with Crippen molar-refractivity contribution in [2.24, 2.45) is 0 Å².